The third-order valence-electron chi connectivity index (χ3n) is 6.13. The van der Waals surface area contributed by atoms with Gasteiger partial charge in [0.05, 0.1) is 5.56 Å². The molecule has 0 radical (unpaired) electrons. The molecule has 0 aliphatic carbocycles. The molecular weight excluding hydrogens is 536 g/mol. The van der Waals surface area contributed by atoms with Crippen molar-refractivity contribution in [3.05, 3.63) is 89.2 Å². The van der Waals surface area contributed by atoms with E-state index in [1.807, 2.05) is 18.7 Å². The first-order valence-corrected chi connectivity index (χ1v) is 13.7. The normalized spacial score (nSPS) is 11.9. The predicted molar refractivity (Wildman–Crippen MR) is 141 cm³/mol. The molecule has 0 fully saturated rings. The van der Waals surface area contributed by atoms with Gasteiger partial charge in [0.2, 0.25) is 0 Å². The van der Waals surface area contributed by atoms with Gasteiger partial charge >= 0.3 is 16.3 Å². The van der Waals surface area contributed by atoms with Crippen LogP contribution < -0.4 is 9.08 Å². The molecular formula is C28H30F4N2O4S. The quantitative estimate of drug-likeness (QED) is 0.207. The van der Waals surface area contributed by atoms with E-state index in [4.69, 9.17) is 4.18 Å². The Balaban J connectivity index is 2.06. The molecule has 0 atom stereocenters. The highest BCUT2D eigenvalue weighted by Gasteiger charge is 2.32. The fraction of sp³-hybridized carbons (Fsp3) is 0.321. The summed E-state index contributed by atoms with van der Waals surface area (Å²) in [6, 6.07) is 13.0. The molecule has 210 valence electrons. The molecule has 3 aromatic rings. The summed E-state index contributed by atoms with van der Waals surface area (Å²) in [4.78, 5) is 15.9. The molecule has 0 N–H and O–H groups in total. The van der Waals surface area contributed by atoms with Crippen molar-refractivity contribution in [3.63, 3.8) is 0 Å². The second-order valence-corrected chi connectivity index (χ2v) is 10.6. The minimum absolute atomic E-state index is 0.0982. The molecule has 3 rings (SSSR count). The first kappa shape index (κ1) is 29.9. The smallest absolute Gasteiger partial charge is 0.379 e. The Bertz CT molecular complexity index is 1420. The molecule has 0 heterocycles. The van der Waals surface area contributed by atoms with Gasteiger partial charge in [0, 0.05) is 48.6 Å². The second-order valence-electron chi connectivity index (χ2n) is 9.06. The Kier molecular flexibility index (Phi) is 9.26. The maximum atomic E-state index is 13.8. The maximum Gasteiger partial charge on any atom is 0.416 e. The number of carbonyl (C=O) groups excluding carboxylic acids is 1. The summed E-state index contributed by atoms with van der Waals surface area (Å²) in [6.07, 6.45) is -4.74. The average Bonchev–Trinajstić information content (AvgIpc) is 2.87. The lowest BCUT2D eigenvalue weighted by Gasteiger charge is -2.28. The van der Waals surface area contributed by atoms with E-state index in [-0.39, 0.29) is 23.9 Å². The zero-order valence-electron chi connectivity index (χ0n) is 22.0. The van der Waals surface area contributed by atoms with Crippen LogP contribution in [0.4, 0.5) is 23.2 Å². The van der Waals surface area contributed by atoms with Crippen LogP contribution in [0.1, 0.15) is 49.2 Å². The number of halogens is 4. The van der Waals surface area contributed by atoms with Crippen LogP contribution in [0, 0.1) is 5.82 Å². The highest BCUT2D eigenvalue weighted by molar-refractivity contribution is 7.87. The van der Waals surface area contributed by atoms with Crippen molar-refractivity contribution < 1.29 is 35.0 Å². The molecule has 3 aromatic carbocycles. The summed E-state index contributed by atoms with van der Waals surface area (Å²) in [7, 11) is -4.68. The Labute approximate surface area is 225 Å². The largest absolute Gasteiger partial charge is 0.416 e. The summed E-state index contributed by atoms with van der Waals surface area (Å²) >= 11 is 0. The van der Waals surface area contributed by atoms with E-state index in [0.29, 0.717) is 30.4 Å². The maximum absolute atomic E-state index is 13.8. The summed E-state index contributed by atoms with van der Waals surface area (Å²) in [6.45, 7) is 8.43. The van der Waals surface area contributed by atoms with Crippen molar-refractivity contribution >= 4 is 21.7 Å². The van der Waals surface area contributed by atoms with Crippen molar-refractivity contribution in [2.24, 2.45) is 0 Å². The monoisotopic (exact) mass is 566 g/mol. The van der Waals surface area contributed by atoms with Crippen molar-refractivity contribution in [1.29, 1.82) is 0 Å². The van der Waals surface area contributed by atoms with Crippen LogP contribution in [0.5, 0.6) is 5.75 Å². The minimum Gasteiger partial charge on any atom is -0.379 e. The average molecular weight is 567 g/mol. The van der Waals surface area contributed by atoms with E-state index in [0.717, 1.165) is 24.3 Å². The Hall–Kier alpha value is -3.60. The number of nitrogens with zero attached hydrogens (tertiary/aromatic N) is 2. The van der Waals surface area contributed by atoms with Crippen molar-refractivity contribution in [2.45, 2.75) is 51.4 Å². The van der Waals surface area contributed by atoms with Crippen LogP contribution in [0.15, 0.2) is 71.6 Å². The third-order valence-corrected chi connectivity index (χ3v) is 7.36. The zero-order valence-corrected chi connectivity index (χ0v) is 22.8. The van der Waals surface area contributed by atoms with E-state index in [2.05, 4.69) is 0 Å². The molecule has 0 bridgehead atoms. The molecule has 0 unspecified atom stereocenters. The van der Waals surface area contributed by atoms with E-state index < -0.39 is 38.5 Å². The highest BCUT2D eigenvalue weighted by atomic mass is 32.2. The van der Waals surface area contributed by atoms with Crippen LogP contribution in [0.25, 0.3) is 0 Å². The number of alkyl halides is 3. The molecule has 0 aromatic heterocycles. The van der Waals surface area contributed by atoms with E-state index in [1.54, 1.807) is 26.0 Å². The SMILES string of the molecule is CCN(CC)c1ccc(CN(C(=O)c2cccc(F)c2)C(C)C)c(OS(=O)(=O)c2cccc(C(F)(F)F)c2)c1. The number of amides is 1. The summed E-state index contributed by atoms with van der Waals surface area (Å²) in [5.41, 5.74) is -0.0797. The molecule has 0 saturated carbocycles. The topological polar surface area (TPSA) is 66.9 Å². The molecule has 1 amide bonds. The van der Waals surface area contributed by atoms with Gasteiger partial charge in [0.1, 0.15) is 16.5 Å². The number of carbonyl (C=O) groups is 1. The van der Waals surface area contributed by atoms with Crippen LogP contribution in [-0.4, -0.2) is 38.4 Å². The van der Waals surface area contributed by atoms with Crippen LogP contribution >= 0.6 is 0 Å². The molecule has 39 heavy (non-hydrogen) atoms. The Morgan fingerprint density at radius 1 is 0.949 bits per heavy atom. The minimum atomic E-state index is -4.74. The van der Waals surface area contributed by atoms with Crippen LogP contribution in [0.3, 0.4) is 0 Å². The lowest BCUT2D eigenvalue weighted by Crippen LogP contribution is -2.36. The van der Waals surface area contributed by atoms with Crippen LogP contribution in [-0.2, 0) is 22.8 Å². The molecule has 0 aliphatic rings. The molecule has 0 spiro atoms. The summed E-state index contributed by atoms with van der Waals surface area (Å²) in [5.74, 6) is -1.19. The molecule has 11 heteroatoms. The lowest BCUT2D eigenvalue weighted by molar-refractivity contribution is -0.137. The predicted octanol–water partition coefficient (Wildman–Crippen LogP) is 6.51. The van der Waals surface area contributed by atoms with Crippen LogP contribution in [0.2, 0.25) is 0 Å². The lowest BCUT2D eigenvalue weighted by atomic mass is 10.1. The van der Waals surface area contributed by atoms with Crippen molar-refractivity contribution in [3.8, 4) is 5.75 Å². The van der Waals surface area contributed by atoms with Gasteiger partial charge in [0.25, 0.3) is 5.91 Å². The van der Waals surface area contributed by atoms with Gasteiger partial charge in [-0.3, -0.25) is 4.79 Å². The van der Waals surface area contributed by atoms with E-state index >= 15 is 0 Å². The van der Waals surface area contributed by atoms with Crippen molar-refractivity contribution in [1.82, 2.24) is 4.90 Å². The number of hydrogen-bond donors (Lipinski definition) is 0. The molecule has 0 saturated heterocycles. The second kappa shape index (κ2) is 12.1. The molecule has 0 aliphatic heterocycles. The first-order valence-electron chi connectivity index (χ1n) is 12.3. The van der Waals surface area contributed by atoms with Gasteiger partial charge in [-0.25, -0.2) is 4.39 Å². The van der Waals surface area contributed by atoms with E-state index in [9.17, 15) is 30.8 Å². The number of rotatable bonds is 10. The summed E-state index contributed by atoms with van der Waals surface area (Å²) in [5, 5.41) is 0. The standard InChI is InChI=1S/C28H30F4N2O4S/c1-5-33(6-2)24-14-13-21(18-34(19(3)4)27(35)20-9-7-11-23(29)15-20)26(17-24)38-39(36,37)25-12-8-10-22(16-25)28(30,31)32/h7-17,19H,5-6,18H2,1-4H3. The van der Waals surface area contributed by atoms with Crippen molar-refractivity contribution in [2.75, 3.05) is 18.0 Å². The van der Waals surface area contributed by atoms with E-state index in [1.165, 1.54) is 29.2 Å². The van der Waals surface area contributed by atoms with Gasteiger partial charge < -0.3 is 14.0 Å². The number of anilines is 1. The van der Waals surface area contributed by atoms with Gasteiger partial charge in [-0.1, -0.05) is 18.2 Å². The first-order chi connectivity index (χ1) is 18.3. The molecule has 6 nitrogen and oxygen atoms in total. The summed E-state index contributed by atoms with van der Waals surface area (Å²) < 4.78 is 85.2. The zero-order chi connectivity index (χ0) is 29.0. The fourth-order valence-corrected chi connectivity index (χ4v) is 5.00. The number of benzene rings is 3. The Morgan fingerprint density at radius 3 is 2.21 bits per heavy atom. The van der Waals surface area contributed by atoms with Gasteiger partial charge in [-0.15, -0.1) is 0 Å². The Morgan fingerprint density at radius 2 is 1.62 bits per heavy atom. The van der Waals surface area contributed by atoms with Gasteiger partial charge in [0.15, 0.2) is 0 Å². The van der Waals surface area contributed by atoms with Gasteiger partial charge in [-0.2, -0.15) is 21.6 Å². The van der Waals surface area contributed by atoms with Gasteiger partial charge in [-0.05, 0) is 70.2 Å². The number of hydrogen-bond acceptors (Lipinski definition) is 5. The fourth-order valence-electron chi connectivity index (χ4n) is 3.99. The highest BCUT2D eigenvalue weighted by Crippen LogP contribution is 2.33. The third kappa shape index (κ3) is 7.29.